The molecule has 0 bridgehead atoms. The van der Waals surface area contributed by atoms with E-state index < -0.39 is 17.6 Å². The first-order chi connectivity index (χ1) is 12.2. The lowest BCUT2D eigenvalue weighted by atomic mass is 10.2. The number of benzene rings is 2. The van der Waals surface area contributed by atoms with Gasteiger partial charge in [0.25, 0.3) is 5.91 Å². The summed E-state index contributed by atoms with van der Waals surface area (Å²) in [6, 6.07) is 10.9. The maximum Gasteiger partial charge on any atom is 0.416 e. The first kappa shape index (κ1) is 19.3. The summed E-state index contributed by atoms with van der Waals surface area (Å²) in [5.41, 5.74) is 0.484. The van der Waals surface area contributed by atoms with Gasteiger partial charge in [-0.05, 0) is 48.9 Å². The van der Waals surface area contributed by atoms with Gasteiger partial charge < -0.3 is 10.6 Å². The zero-order valence-electron chi connectivity index (χ0n) is 13.5. The highest BCUT2D eigenvalue weighted by atomic mass is 35.5. The molecule has 0 saturated carbocycles. The number of carbonyl (C=O) groups excluding carboxylic acids is 1. The fourth-order valence-electron chi connectivity index (χ4n) is 1.98. The summed E-state index contributed by atoms with van der Waals surface area (Å²) >= 11 is 5.88. The molecule has 0 atom stereocenters. The van der Waals surface area contributed by atoms with Crippen molar-refractivity contribution in [3.8, 4) is 6.07 Å². The van der Waals surface area contributed by atoms with Crippen molar-refractivity contribution in [1.82, 2.24) is 0 Å². The Labute approximate surface area is 152 Å². The van der Waals surface area contributed by atoms with Gasteiger partial charge in [-0.15, -0.1) is 0 Å². The summed E-state index contributed by atoms with van der Waals surface area (Å²) in [7, 11) is 0. The Balaban J connectivity index is 2.11. The molecule has 1 amide bonds. The van der Waals surface area contributed by atoms with Crippen LogP contribution in [-0.2, 0) is 11.0 Å². The summed E-state index contributed by atoms with van der Waals surface area (Å²) in [6.07, 6.45) is -3.31. The van der Waals surface area contributed by atoms with Crippen LogP contribution in [0.3, 0.4) is 0 Å². The lowest BCUT2D eigenvalue weighted by Gasteiger charge is -2.09. The molecule has 0 aliphatic carbocycles. The van der Waals surface area contributed by atoms with Gasteiger partial charge in [0, 0.05) is 22.6 Å². The number of carbonyl (C=O) groups is 1. The SMILES string of the molecule is Cc1ccc(Cl)cc1NC(=O)/C(C#N)=C\Nc1ccc(C(F)(F)F)cc1. The number of alkyl halides is 3. The monoisotopic (exact) mass is 379 g/mol. The van der Waals surface area contributed by atoms with Gasteiger partial charge in [-0.3, -0.25) is 4.79 Å². The third kappa shape index (κ3) is 5.01. The van der Waals surface area contributed by atoms with Gasteiger partial charge in [0.1, 0.15) is 11.6 Å². The Bertz CT molecular complexity index is 884. The van der Waals surface area contributed by atoms with Crippen molar-refractivity contribution in [1.29, 1.82) is 5.26 Å². The molecule has 0 unspecified atom stereocenters. The molecule has 26 heavy (non-hydrogen) atoms. The maximum atomic E-state index is 12.5. The third-order valence-electron chi connectivity index (χ3n) is 3.41. The summed E-state index contributed by atoms with van der Waals surface area (Å²) in [4.78, 5) is 12.2. The van der Waals surface area contributed by atoms with Gasteiger partial charge in [0.2, 0.25) is 0 Å². The lowest BCUT2D eigenvalue weighted by Crippen LogP contribution is -2.15. The predicted octanol–water partition coefficient (Wildman–Crippen LogP) is 5.13. The molecule has 2 N–H and O–H groups in total. The molecule has 0 aliphatic heterocycles. The molecule has 134 valence electrons. The Morgan fingerprint density at radius 1 is 1.19 bits per heavy atom. The standard InChI is InChI=1S/C18H13ClF3N3O/c1-11-2-5-14(19)8-16(11)25-17(26)12(9-23)10-24-15-6-3-13(4-7-15)18(20,21)22/h2-8,10,24H,1H3,(H,25,26)/b12-10-. The number of nitrogens with one attached hydrogen (secondary N) is 2. The number of amides is 1. The first-order valence-corrected chi connectivity index (χ1v) is 7.70. The Hall–Kier alpha value is -2.98. The summed E-state index contributed by atoms with van der Waals surface area (Å²) < 4.78 is 37.6. The molecule has 0 saturated heterocycles. The van der Waals surface area contributed by atoms with Crippen molar-refractivity contribution in [3.05, 3.63) is 70.4 Å². The Morgan fingerprint density at radius 2 is 1.85 bits per heavy atom. The van der Waals surface area contributed by atoms with Crippen molar-refractivity contribution in [3.63, 3.8) is 0 Å². The van der Waals surface area contributed by atoms with E-state index in [1.807, 2.05) is 0 Å². The number of hydrogen-bond acceptors (Lipinski definition) is 3. The topological polar surface area (TPSA) is 64.9 Å². The van der Waals surface area contributed by atoms with Crippen molar-refractivity contribution < 1.29 is 18.0 Å². The van der Waals surface area contributed by atoms with Gasteiger partial charge in [-0.1, -0.05) is 17.7 Å². The van der Waals surface area contributed by atoms with Crippen LogP contribution in [0.15, 0.2) is 54.2 Å². The Morgan fingerprint density at radius 3 is 2.42 bits per heavy atom. The van der Waals surface area contributed by atoms with Crippen molar-refractivity contribution in [2.75, 3.05) is 10.6 Å². The van der Waals surface area contributed by atoms with E-state index in [0.29, 0.717) is 16.4 Å². The highest BCUT2D eigenvalue weighted by Crippen LogP contribution is 2.29. The van der Waals surface area contributed by atoms with Crippen LogP contribution in [0.25, 0.3) is 0 Å². The fourth-order valence-corrected chi connectivity index (χ4v) is 2.15. The van der Waals surface area contributed by atoms with E-state index >= 15 is 0 Å². The molecular weight excluding hydrogens is 367 g/mol. The van der Waals surface area contributed by atoms with Gasteiger partial charge >= 0.3 is 6.18 Å². The number of rotatable bonds is 4. The number of nitrogens with zero attached hydrogens (tertiary/aromatic N) is 1. The van der Waals surface area contributed by atoms with Gasteiger partial charge in [-0.2, -0.15) is 18.4 Å². The quantitative estimate of drug-likeness (QED) is 0.572. The molecule has 0 aliphatic rings. The minimum atomic E-state index is -4.43. The van der Waals surface area contributed by atoms with Crippen LogP contribution in [-0.4, -0.2) is 5.91 Å². The van der Waals surface area contributed by atoms with Gasteiger partial charge in [-0.25, -0.2) is 0 Å². The zero-order valence-corrected chi connectivity index (χ0v) is 14.2. The van der Waals surface area contributed by atoms with E-state index in [1.165, 1.54) is 12.1 Å². The lowest BCUT2D eigenvalue weighted by molar-refractivity contribution is -0.137. The van der Waals surface area contributed by atoms with Crippen molar-refractivity contribution >= 4 is 28.9 Å². The minimum Gasteiger partial charge on any atom is -0.360 e. The molecule has 2 rings (SSSR count). The van der Waals surface area contributed by atoms with E-state index in [1.54, 1.807) is 31.2 Å². The van der Waals surface area contributed by atoms with Crippen LogP contribution >= 0.6 is 11.6 Å². The summed E-state index contributed by atoms with van der Waals surface area (Å²) in [5, 5.41) is 14.8. The van der Waals surface area contributed by atoms with Crippen molar-refractivity contribution in [2.24, 2.45) is 0 Å². The largest absolute Gasteiger partial charge is 0.416 e. The summed E-state index contributed by atoms with van der Waals surface area (Å²) in [6.45, 7) is 1.77. The Kier molecular flexibility index (Phi) is 5.90. The highest BCUT2D eigenvalue weighted by Gasteiger charge is 2.29. The molecule has 8 heteroatoms. The van der Waals surface area contributed by atoms with E-state index in [9.17, 15) is 18.0 Å². The van der Waals surface area contributed by atoms with E-state index in [2.05, 4.69) is 10.6 Å². The second-order valence-electron chi connectivity index (χ2n) is 5.30. The number of aryl methyl sites for hydroxylation is 1. The number of halogens is 4. The fraction of sp³-hybridized carbons (Fsp3) is 0.111. The predicted molar refractivity (Wildman–Crippen MR) is 93.6 cm³/mol. The molecule has 2 aromatic rings. The molecule has 4 nitrogen and oxygen atoms in total. The van der Waals surface area contributed by atoms with Crippen molar-refractivity contribution in [2.45, 2.75) is 13.1 Å². The maximum absolute atomic E-state index is 12.5. The number of anilines is 2. The highest BCUT2D eigenvalue weighted by molar-refractivity contribution is 6.31. The second-order valence-corrected chi connectivity index (χ2v) is 5.74. The van der Waals surface area contributed by atoms with E-state index in [4.69, 9.17) is 16.9 Å². The van der Waals surface area contributed by atoms with Crippen LogP contribution in [0.1, 0.15) is 11.1 Å². The molecule has 0 radical (unpaired) electrons. The van der Waals surface area contributed by atoms with Crippen LogP contribution in [0, 0.1) is 18.3 Å². The number of hydrogen-bond donors (Lipinski definition) is 2. The third-order valence-corrected chi connectivity index (χ3v) is 3.64. The minimum absolute atomic E-state index is 0.246. The average Bonchev–Trinajstić information content (AvgIpc) is 2.58. The average molecular weight is 380 g/mol. The van der Waals surface area contributed by atoms with E-state index in [0.717, 1.165) is 23.9 Å². The first-order valence-electron chi connectivity index (χ1n) is 7.32. The smallest absolute Gasteiger partial charge is 0.360 e. The normalized spacial score (nSPS) is 11.6. The molecule has 0 heterocycles. The second kappa shape index (κ2) is 7.93. The van der Waals surface area contributed by atoms with Gasteiger partial charge in [0.05, 0.1) is 5.56 Å². The molecule has 0 fully saturated rings. The van der Waals surface area contributed by atoms with Gasteiger partial charge in [0.15, 0.2) is 0 Å². The number of nitriles is 1. The van der Waals surface area contributed by atoms with Crippen LogP contribution < -0.4 is 10.6 Å². The molecule has 0 spiro atoms. The van der Waals surface area contributed by atoms with Crippen LogP contribution in [0.4, 0.5) is 24.5 Å². The summed E-state index contributed by atoms with van der Waals surface area (Å²) in [5.74, 6) is -0.669. The zero-order chi connectivity index (χ0) is 19.3. The van der Waals surface area contributed by atoms with Crippen LogP contribution in [0.5, 0.6) is 0 Å². The molecule has 2 aromatic carbocycles. The van der Waals surface area contributed by atoms with E-state index in [-0.39, 0.29) is 5.57 Å². The molecular formula is C18H13ClF3N3O. The molecule has 0 aromatic heterocycles. The van der Waals surface area contributed by atoms with Crippen LogP contribution in [0.2, 0.25) is 5.02 Å².